The van der Waals surface area contributed by atoms with Gasteiger partial charge in [0, 0.05) is 13.2 Å². The number of hydrogen-bond donors (Lipinski definition) is 1. The van der Waals surface area contributed by atoms with Gasteiger partial charge in [0.25, 0.3) is 0 Å². The summed E-state index contributed by atoms with van der Waals surface area (Å²) in [5, 5.41) is 3.39. The maximum absolute atomic E-state index is 5.76. The van der Waals surface area contributed by atoms with Gasteiger partial charge in [-0.3, -0.25) is 0 Å². The summed E-state index contributed by atoms with van der Waals surface area (Å²) in [5.74, 6) is 0.888. The van der Waals surface area contributed by atoms with Crippen molar-refractivity contribution in [2.24, 2.45) is 5.92 Å². The van der Waals surface area contributed by atoms with Crippen LogP contribution in [0.2, 0.25) is 0 Å². The normalized spacial score (nSPS) is 29.6. The SMILES string of the molecule is C1CC(CCOC2CCOC2)CCN1. The third-order valence-electron chi connectivity index (χ3n) is 3.23. The molecule has 3 nitrogen and oxygen atoms in total. The zero-order chi connectivity index (χ0) is 9.64. The lowest BCUT2D eigenvalue weighted by molar-refractivity contribution is 0.0336. The first-order valence-corrected chi connectivity index (χ1v) is 5.85. The predicted molar refractivity (Wildman–Crippen MR) is 55.4 cm³/mol. The second-order valence-corrected chi connectivity index (χ2v) is 4.34. The van der Waals surface area contributed by atoms with Crippen LogP contribution in [0.25, 0.3) is 0 Å². The molecule has 82 valence electrons. The van der Waals surface area contributed by atoms with Gasteiger partial charge in [-0.15, -0.1) is 0 Å². The van der Waals surface area contributed by atoms with E-state index in [2.05, 4.69) is 5.32 Å². The number of piperidine rings is 1. The van der Waals surface area contributed by atoms with E-state index in [9.17, 15) is 0 Å². The van der Waals surface area contributed by atoms with Crippen LogP contribution < -0.4 is 5.32 Å². The summed E-state index contributed by atoms with van der Waals surface area (Å²) in [5.41, 5.74) is 0. The molecule has 1 unspecified atom stereocenters. The van der Waals surface area contributed by atoms with Crippen LogP contribution in [0, 0.1) is 5.92 Å². The highest BCUT2D eigenvalue weighted by Crippen LogP contribution is 2.17. The van der Waals surface area contributed by atoms with Crippen LogP contribution in [0.4, 0.5) is 0 Å². The molecule has 0 radical (unpaired) electrons. The molecule has 0 aromatic heterocycles. The Kier molecular flexibility index (Phi) is 4.22. The third-order valence-corrected chi connectivity index (χ3v) is 3.23. The standard InChI is InChI=1S/C11H21NO2/c1-5-12-6-2-10(1)3-8-14-11-4-7-13-9-11/h10-12H,1-9H2. The Morgan fingerprint density at radius 3 is 2.79 bits per heavy atom. The van der Waals surface area contributed by atoms with Crippen LogP contribution in [0.3, 0.4) is 0 Å². The number of hydrogen-bond acceptors (Lipinski definition) is 3. The van der Waals surface area contributed by atoms with E-state index >= 15 is 0 Å². The van der Waals surface area contributed by atoms with Gasteiger partial charge in [-0.2, -0.15) is 0 Å². The minimum Gasteiger partial charge on any atom is -0.379 e. The molecule has 1 atom stereocenters. The first-order chi connectivity index (χ1) is 6.95. The first-order valence-electron chi connectivity index (χ1n) is 5.85. The van der Waals surface area contributed by atoms with E-state index in [0.29, 0.717) is 6.10 Å². The molecule has 0 aromatic carbocycles. The summed E-state index contributed by atoms with van der Waals surface area (Å²) >= 11 is 0. The maximum atomic E-state index is 5.76. The molecule has 0 amide bonds. The summed E-state index contributed by atoms with van der Waals surface area (Å²) in [6, 6.07) is 0. The number of ether oxygens (including phenoxy) is 2. The van der Waals surface area contributed by atoms with E-state index in [-0.39, 0.29) is 0 Å². The molecule has 14 heavy (non-hydrogen) atoms. The van der Waals surface area contributed by atoms with Crippen LogP contribution in [0.1, 0.15) is 25.7 Å². The quantitative estimate of drug-likeness (QED) is 0.737. The Balaban J connectivity index is 1.52. The minimum absolute atomic E-state index is 0.386. The molecular weight excluding hydrogens is 178 g/mol. The average molecular weight is 199 g/mol. The van der Waals surface area contributed by atoms with Crippen molar-refractivity contribution in [1.82, 2.24) is 5.32 Å². The van der Waals surface area contributed by atoms with Crippen molar-refractivity contribution in [3.63, 3.8) is 0 Å². The van der Waals surface area contributed by atoms with Gasteiger partial charge in [0.1, 0.15) is 0 Å². The summed E-state index contributed by atoms with van der Waals surface area (Å²) in [4.78, 5) is 0. The van der Waals surface area contributed by atoms with Gasteiger partial charge < -0.3 is 14.8 Å². The molecule has 2 rings (SSSR count). The fourth-order valence-electron chi connectivity index (χ4n) is 2.22. The molecule has 2 saturated heterocycles. The van der Waals surface area contributed by atoms with Crippen molar-refractivity contribution in [3.8, 4) is 0 Å². The Hall–Kier alpha value is -0.120. The minimum atomic E-state index is 0.386. The number of rotatable bonds is 4. The average Bonchev–Trinajstić information content (AvgIpc) is 2.72. The lowest BCUT2D eigenvalue weighted by Crippen LogP contribution is -2.28. The molecule has 2 aliphatic heterocycles. The van der Waals surface area contributed by atoms with Crippen molar-refractivity contribution >= 4 is 0 Å². The van der Waals surface area contributed by atoms with Crippen molar-refractivity contribution in [2.75, 3.05) is 32.9 Å². The van der Waals surface area contributed by atoms with Gasteiger partial charge >= 0.3 is 0 Å². The molecule has 0 aliphatic carbocycles. The lowest BCUT2D eigenvalue weighted by atomic mass is 9.95. The fourth-order valence-corrected chi connectivity index (χ4v) is 2.22. The van der Waals surface area contributed by atoms with Crippen LogP contribution in [-0.4, -0.2) is 39.0 Å². The summed E-state index contributed by atoms with van der Waals surface area (Å²) in [6.45, 7) is 5.01. The second kappa shape index (κ2) is 5.69. The molecule has 0 spiro atoms. The first kappa shape index (κ1) is 10.4. The molecule has 2 heterocycles. The van der Waals surface area contributed by atoms with Crippen LogP contribution >= 0.6 is 0 Å². The summed E-state index contributed by atoms with van der Waals surface area (Å²) < 4.78 is 11.0. The van der Waals surface area contributed by atoms with Gasteiger partial charge in [0.2, 0.25) is 0 Å². The zero-order valence-electron chi connectivity index (χ0n) is 8.84. The Labute approximate surface area is 86.2 Å². The highest BCUT2D eigenvalue weighted by atomic mass is 16.5. The molecule has 2 aliphatic rings. The maximum Gasteiger partial charge on any atom is 0.0830 e. The summed E-state index contributed by atoms with van der Waals surface area (Å²) in [6.07, 6.45) is 5.36. The van der Waals surface area contributed by atoms with Gasteiger partial charge in [-0.25, -0.2) is 0 Å². The van der Waals surface area contributed by atoms with E-state index in [1.165, 1.54) is 32.4 Å². The third kappa shape index (κ3) is 3.23. The van der Waals surface area contributed by atoms with Crippen LogP contribution in [0.5, 0.6) is 0 Å². The Morgan fingerprint density at radius 1 is 1.21 bits per heavy atom. The van der Waals surface area contributed by atoms with Gasteiger partial charge in [-0.05, 0) is 44.7 Å². The molecule has 0 bridgehead atoms. The number of nitrogens with one attached hydrogen (secondary N) is 1. The van der Waals surface area contributed by atoms with Gasteiger partial charge in [-0.1, -0.05) is 0 Å². The molecule has 1 N–H and O–H groups in total. The van der Waals surface area contributed by atoms with E-state index in [4.69, 9.17) is 9.47 Å². The van der Waals surface area contributed by atoms with Gasteiger partial charge in [0.15, 0.2) is 0 Å². The van der Waals surface area contributed by atoms with Crippen molar-refractivity contribution in [1.29, 1.82) is 0 Å². The predicted octanol–water partition coefficient (Wildman–Crippen LogP) is 1.18. The highest BCUT2D eigenvalue weighted by molar-refractivity contribution is 4.69. The van der Waals surface area contributed by atoms with E-state index < -0.39 is 0 Å². The van der Waals surface area contributed by atoms with Gasteiger partial charge in [0.05, 0.1) is 12.7 Å². The Bertz CT molecular complexity index is 151. The highest BCUT2D eigenvalue weighted by Gasteiger charge is 2.17. The van der Waals surface area contributed by atoms with E-state index in [0.717, 1.165) is 32.2 Å². The van der Waals surface area contributed by atoms with Crippen molar-refractivity contribution in [3.05, 3.63) is 0 Å². The molecule has 3 heteroatoms. The zero-order valence-corrected chi connectivity index (χ0v) is 8.84. The largest absolute Gasteiger partial charge is 0.379 e. The summed E-state index contributed by atoms with van der Waals surface area (Å²) in [7, 11) is 0. The fraction of sp³-hybridized carbons (Fsp3) is 1.00. The van der Waals surface area contributed by atoms with E-state index in [1.807, 2.05) is 0 Å². The molecule has 0 saturated carbocycles. The molecule has 2 fully saturated rings. The van der Waals surface area contributed by atoms with Crippen LogP contribution in [-0.2, 0) is 9.47 Å². The Morgan fingerprint density at radius 2 is 2.07 bits per heavy atom. The van der Waals surface area contributed by atoms with Crippen molar-refractivity contribution < 1.29 is 9.47 Å². The lowest BCUT2D eigenvalue weighted by Gasteiger charge is -2.22. The monoisotopic (exact) mass is 199 g/mol. The van der Waals surface area contributed by atoms with Crippen LogP contribution in [0.15, 0.2) is 0 Å². The second-order valence-electron chi connectivity index (χ2n) is 4.34. The molecule has 0 aromatic rings. The van der Waals surface area contributed by atoms with Crippen molar-refractivity contribution in [2.45, 2.75) is 31.8 Å². The van der Waals surface area contributed by atoms with E-state index in [1.54, 1.807) is 0 Å². The topological polar surface area (TPSA) is 30.5 Å². The smallest absolute Gasteiger partial charge is 0.0830 e. The molecular formula is C11H21NO2.